The van der Waals surface area contributed by atoms with Gasteiger partial charge in [-0.15, -0.1) is 0 Å². The lowest BCUT2D eigenvalue weighted by molar-refractivity contribution is 0.0531. The van der Waals surface area contributed by atoms with Gasteiger partial charge in [0.25, 0.3) is 5.91 Å². The van der Waals surface area contributed by atoms with Crippen LogP contribution in [0.4, 0.5) is 5.13 Å². The minimum Gasteiger partial charge on any atom is -0.462 e. The number of halogens is 1. The van der Waals surface area contributed by atoms with Crippen LogP contribution in [0.25, 0.3) is 0 Å². The molecule has 7 heteroatoms. The number of esters is 1. The fraction of sp³-hybridized carbons (Fsp3) is 0.214. The maximum absolute atomic E-state index is 12.2. The smallest absolute Gasteiger partial charge is 0.350 e. The Balaban J connectivity index is 2.17. The highest BCUT2D eigenvalue weighted by Crippen LogP contribution is 2.25. The van der Waals surface area contributed by atoms with E-state index in [0.29, 0.717) is 32.3 Å². The summed E-state index contributed by atoms with van der Waals surface area (Å²) < 4.78 is 5.64. The second-order valence-electron chi connectivity index (χ2n) is 4.09. The molecule has 0 bridgehead atoms. The van der Waals surface area contributed by atoms with E-state index in [2.05, 4.69) is 26.2 Å². The Kier molecular flexibility index (Phi) is 5.08. The van der Waals surface area contributed by atoms with Crippen molar-refractivity contribution in [2.45, 2.75) is 13.8 Å². The van der Waals surface area contributed by atoms with Crippen molar-refractivity contribution in [2.75, 3.05) is 11.9 Å². The predicted molar refractivity (Wildman–Crippen MR) is 84.9 cm³/mol. The molecule has 1 aromatic heterocycles. The Hall–Kier alpha value is -1.73. The van der Waals surface area contributed by atoms with Gasteiger partial charge in [-0.25, -0.2) is 9.78 Å². The molecular weight excluding hydrogens is 356 g/mol. The lowest BCUT2D eigenvalue weighted by atomic mass is 10.2. The Morgan fingerprint density at radius 2 is 2.10 bits per heavy atom. The van der Waals surface area contributed by atoms with Gasteiger partial charge in [0.05, 0.1) is 17.9 Å². The van der Waals surface area contributed by atoms with E-state index in [1.165, 1.54) is 0 Å². The number of nitrogens with one attached hydrogen (secondary N) is 1. The number of aromatic nitrogens is 1. The van der Waals surface area contributed by atoms with Crippen molar-refractivity contribution in [3.05, 3.63) is 44.9 Å². The van der Waals surface area contributed by atoms with Crippen molar-refractivity contribution in [1.29, 1.82) is 0 Å². The third-order valence-corrected chi connectivity index (χ3v) is 4.34. The summed E-state index contributed by atoms with van der Waals surface area (Å²) in [5, 5.41) is 3.06. The first-order valence-electron chi connectivity index (χ1n) is 6.23. The number of carbonyl (C=O) groups excluding carboxylic acids is 2. The number of nitrogens with zero attached hydrogens (tertiary/aromatic N) is 1. The van der Waals surface area contributed by atoms with Gasteiger partial charge >= 0.3 is 5.97 Å². The molecule has 0 spiro atoms. The normalized spacial score (nSPS) is 10.2. The molecule has 0 aliphatic carbocycles. The molecule has 0 saturated heterocycles. The zero-order valence-electron chi connectivity index (χ0n) is 11.5. The number of hydrogen-bond donors (Lipinski definition) is 1. The number of ether oxygens (including phenoxy) is 1. The van der Waals surface area contributed by atoms with E-state index in [4.69, 9.17) is 4.74 Å². The van der Waals surface area contributed by atoms with Crippen LogP contribution in [0.3, 0.4) is 0 Å². The summed E-state index contributed by atoms with van der Waals surface area (Å²) in [5.74, 6) is -0.708. The van der Waals surface area contributed by atoms with Crippen LogP contribution in [-0.4, -0.2) is 23.5 Å². The van der Waals surface area contributed by atoms with Gasteiger partial charge in [-0.1, -0.05) is 23.5 Å². The van der Waals surface area contributed by atoms with Gasteiger partial charge in [-0.2, -0.15) is 0 Å². The first-order chi connectivity index (χ1) is 10.0. The maximum Gasteiger partial charge on any atom is 0.350 e. The van der Waals surface area contributed by atoms with Crippen LogP contribution >= 0.6 is 27.3 Å². The van der Waals surface area contributed by atoms with Gasteiger partial charge < -0.3 is 4.74 Å². The highest BCUT2D eigenvalue weighted by atomic mass is 79.9. The first kappa shape index (κ1) is 15.7. The Labute approximate surface area is 134 Å². The second kappa shape index (κ2) is 6.82. The number of benzene rings is 1. The van der Waals surface area contributed by atoms with Gasteiger partial charge in [0.15, 0.2) is 5.13 Å². The van der Waals surface area contributed by atoms with Gasteiger partial charge in [0.1, 0.15) is 4.88 Å². The van der Waals surface area contributed by atoms with Crippen molar-refractivity contribution >= 4 is 44.3 Å². The number of aryl methyl sites for hydroxylation is 1. The minimum atomic E-state index is -0.422. The van der Waals surface area contributed by atoms with E-state index in [0.717, 1.165) is 11.3 Å². The monoisotopic (exact) mass is 368 g/mol. The van der Waals surface area contributed by atoms with Crippen LogP contribution in [0.5, 0.6) is 0 Å². The van der Waals surface area contributed by atoms with Crippen molar-refractivity contribution < 1.29 is 14.3 Å². The van der Waals surface area contributed by atoms with Crippen LogP contribution in [0.1, 0.15) is 32.6 Å². The molecule has 2 aromatic rings. The summed E-state index contributed by atoms with van der Waals surface area (Å²) in [7, 11) is 0. The molecule has 110 valence electrons. The number of rotatable bonds is 4. The molecule has 0 aliphatic heterocycles. The van der Waals surface area contributed by atoms with Crippen LogP contribution in [0, 0.1) is 6.92 Å². The summed E-state index contributed by atoms with van der Waals surface area (Å²) in [5.41, 5.74) is 1.05. The topological polar surface area (TPSA) is 68.3 Å². The van der Waals surface area contributed by atoms with E-state index in [-0.39, 0.29) is 5.91 Å². The summed E-state index contributed by atoms with van der Waals surface area (Å²) in [6.07, 6.45) is 0. The van der Waals surface area contributed by atoms with Crippen LogP contribution in [0.15, 0.2) is 28.7 Å². The lowest BCUT2D eigenvalue weighted by Crippen LogP contribution is -2.12. The Bertz CT molecular complexity index is 685. The molecule has 1 heterocycles. The van der Waals surface area contributed by atoms with E-state index >= 15 is 0 Å². The quantitative estimate of drug-likeness (QED) is 0.836. The highest BCUT2D eigenvalue weighted by Gasteiger charge is 2.18. The summed E-state index contributed by atoms with van der Waals surface area (Å²) >= 11 is 4.43. The molecule has 2 rings (SSSR count). The number of carbonyl (C=O) groups is 2. The van der Waals surface area contributed by atoms with Crippen molar-refractivity contribution in [2.24, 2.45) is 0 Å². The molecule has 1 amide bonds. The van der Waals surface area contributed by atoms with Gasteiger partial charge in [0, 0.05) is 4.47 Å². The van der Waals surface area contributed by atoms with E-state index in [1.54, 1.807) is 32.0 Å². The highest BCUT2D eigenvalue weighted by molar-refractivity contribution is 9.10. The molecule has 1 N–H and O–H groups in total. The first-order valence-corrected chi connectivity index (χ1v) is 7.84. The Morgan fingerprint density at radius 1 is 1.38 bits per heavy atom. The third kappa shape index (κ3) is 3.68. The maximum atomic E-state index is 12.2. The van der Waals surface area contributed by atoms with E-state index in [9.17, 15) is 9.59 Å². The van der Waals surface area contributed by atoms with Crippen LogP contribution in [-0.2, 0) is 4.74 Å². The van der Waals surface area contributed by atoms with Crippen LogP contribution < -0.4 is 5.32 Å². The fourth-order valence-corrected chi connectivity index (χ4v) is 2.97. The molecule has 0 saturated carbocycles. The zero-order valence-corrected chi connectivity index (χ0v) is 13.9. The second-order valence-corrected chi connectivity index (χ2v) is 5.94. The molecule has 0 aliphatic rings. The molecule has 0 radical (unpaired) electrons. The average Bonchev–Trinajstić information content (AvgIpc) is 2.80. The summed E-state index contributed by atoms with van der Waals surface area (Å²) in [6, 6.07) is 7.09. The fourth-order valence-electron chi connectivity index (χ4n) is 1.65. The average molecular weight is 369 g/mol. The van der Waals surface area contributed by atoms with Crippen molar-refractivity contribution in [3.8, 4) is 0 Å². The number of amides is 1. The minimum absolute atomic E-state index is 0.286. The van der Waals surface area contributed by atoms with Gasteiger partial charge in [0.2, 0.25) is 0 Å². The number of anilines is 1. The molecule has 0 fully saturated rings. The van der Waals surface area contributed by atoms with Gasteiger partial charge in [-0.3, -0.25) is 10.1 Å². The molecule has 5 nitrogen and oxygen atoms in total. The predicted octanol–water partition coefficient (Wildman–Crippen LogP) is 3.64. The standard InChI is InChI=1S/C14H13BrN2O3S/c1-3-20-13(19)11-8(2)16-14(21-11)17-12(18)9-6-4-5-7-10(9)15/h4-7H,3H2,1-2H3,(H,16,17,18). The summed E-state index contributed by atoms with van der Waals surface area (Å²) in [6.45, 7) is 3.75. The van der Waals surface area contributed by atoms with Crippen molar-refractivity contribution in [1.82, 2.24) is 4.98 Å². The third-order valence-electron chi connectivity index (χ3n) is 2.60. The van der Waals surface area contributed by atoms with Crippen LogP contribution in [0.2, 0.25) is 0 Å². The molecular formula is C14H13BrN2O3S. The van der Waals surface area contributed by atoms with E-state index in [1.807, 2.05) is 6.07 Å². The lowest BCUT2D eigenvalue weighted by Gasteiger charge is -2.03. The van der Waals surface area contributed by atoms with Crippen molar-refractivity contribution in [3.63, 3.8) is 0 Å². The number of thiazole rings is 1. The molecule has 1 aromatic carbocycles. The summed E-state index contributed by atoms with van der Waals surface area (Å²) in [4.78, 5) is 28.5. The zero-order chi connectivity index (χ0) is 15.4. The molecule has 0 unspecified atom stereocenters. The van der Waals surface area contributed by atoms with E-state index < -0.39 is 5.97 Å². The molecule has 21 heavy (non-hydrogen) atoms. The molecule has 0 atom stereocenters. The Morgan fingerprint density at radius 3 is 2.76 bits per heavy atom. The number of hydrogen-bond acceptors (Lipinski definition) is 5. The SMILES string of the molecule is CCOC(=O)c1sc(NC(=O)c2ccccc2Br)nc1C. The van der Waals surface area contributed by atoms with Gasteiger partial charge in [-0.05, 0) is 41.9 Å². The largest absolute Gasteiger partial charge is 0.462 e.